The van der Waals surface area contributed by atoms with Crippen LogP contribution >= 0.6 is 0 Å². The van der Waals surface area contributed by atoms with Crippen LogP contribution in [0.3, 0.4) is 0 Å². The van der Waals surface area contributed by atoms with Crippen LogP contribution in [0.1, 0.15) is 63.0 Å². The number of nitrogens with zero attached hydrogens (tertiary/aromatic N) is 1. The van der Waals surface area contributed by atoms with Gasteiger partial charge in [-0.2, -0.15) is 4.31 Å². The van der Waals surface area contributed by atoms with Gasteiger partial charge in [0.15, 0.2) is 11.5 Å². The van der Waals surface area contributed by atoms with E-state index < -0.39 is 56.8 Å². The van der Waals surface area contributed by atoms with E-state index in [1.165, 1.54) is 26.0 Å². The second kappa shape index (κ2) is 13.9. The van der Waals surface area contributed by atoms with Crippen molar-refractivity contribution in [2.45, 2.75) is 69.4 Å². The number of fused-ring (bicyclic) bond motifs is 2. The van der Waals surface area contributed by atoms with Crippen molar-refractivity contribution in [3.63, 3.8) is 0 Å². The Morgan fingerprint density at radius 2 is 1.37 bits per heavy atom. The first-order chi connectivity index (χ1) is 24.5. The van der Waals surface area contributed by atoms with Crippen molar-refractivity contribution in [1.29, 1.82) is 0 Å². The predicted molar refractivity (Wildman–Crippen MR) is 180 cm³/mol. The molecule has 3 heterocycles. The molecule has 3 aromatic rings. The number of benzene rings is 3. The maximum Gasteiger partial charge on any atom is 0.345 e. The number of rotatable bonds is 12. The van der Waals surface area contributed by atoms with E-state index in [2.05, 4.69) is 0 Å². The van der Waals surface area contributed by atoms with Gasteiger partial charge in [-0.1, -0.05) is 54.1 Å². The number of esters is 3. The monoisotopic (exact) mass is 723 g/mol. The first-order valence-electron chi connectivity index (χ1n) is 16.9. The molecule has 6 rings (SSSR count). The van der Waals surface area contributed by atoms with Crippen LogP contribution < -0.4 is 9.47 Å². The molecule has 0 unspecified atom stereocenters. The van der Waals surface area contributed by atoms with Crippen LogP contribution in [0.4, 0.5) is 0 Å². The zero-order chi connectivity index (χ0) is 36.6. The normalized spacial score (nSPS) is 24.9. The Morgan fingerprint density at radius 1 is 0.765 bits per heavy atom. The Kier molecular flexibility index (Phi) is 9.90. The molecular formula is C37H41NO12S. The maximum atomic E-state index is 15.4. The summed E-state index contributed by atoms with van der Waals surface area (Å²) in [5, 5.41) is 0. The highest BCUT2D eigenvalue weighted by atomic mass is 32.2. The topological polar surface area (TPSA) is 153 Å². The molecule has 4 atom stereocenters. The lowest BCUT2D eigenvalue weighted by atomic mass is 9.67. The minimum atomic E-state index is -4.93. The van der Waals surface area contributed by atoms with Crippen LogP contribution in [-0.2, 0) is 48.1 Å². The van der Waals surface area contributed by atoms with Crippen molar-refractivity contribution < 1.29 is 56.0 Å². The standard InChI is InChI=1S/C37H41NO12S/c1-6-44-32(39)35-22-30(26-17-20-28-29(21-26)48-23-47-28)50-37(35,49-9-4)36(33(40)45-7-2,34(41)46-8-3)38(31(35)25-13-11-10-12-14-25)51(42,43)27-18-15-24(5)16-19-27/h10-21,30-31H,6-9,22-23H2,1-5H3/t30-,31-,35+,37+/m1/s1. The van der Waals surface area contributed by atoms with Crippen LogP contribution in [0, 0.1) is 12.3 Å². The molecule has 3 aliphatic heterocycles. The summed E-state index contributed by atoms with van der Waals surface area (Å²) < 4.78 is 73.1. The molecule has 2 fully saturated rings. The van der Waals surface area contributed by atoms with Crippen molar-refractivity contribution in [3.05, 3.63) is 89.5 Å². The summed E-state index contributed by atoms with van der Waals surface area (Å²) in [6, 6.07) is 17.6. The van der Waals surface area contributed by atoms with Crippen molar-refractivity contribution >= 4 is 27.9 Å². The molecule has 3 aliphatic rings. The van der Waals surface area contributed by atoms with Gasteiger partial charge in [0, 0.05) is 13.0 Å². The Labute approximate surface area is 296 Å². The third-order valence-corrected chi connectivity index (χ3v) is 11.4. The zero-order valence-corrected chi connectivity index (χ0v) is 29.9. The van der Waals surface area contributed by atoms with E-state index in [0.717, 1.165) is 9.87 Å². The van der Waals surface area contributed by atoms with Gasteiger partial charge in [0.1, 0.15) is 5.41 Å². The van der Waals surface area contributed by atoms with Crippen LogP contribution in [-0.4, -0.2) is 75.2 Å². The fourth-order valence-corrected chi connectivity index (χ4v) is 9.49. The molecule has 51 heavy (non-hydrogen) atoms. The van der Waals surface area contributed by atoms with Crippen LogP contribution in [0.2, 0.25) is 0 Å². The summed E-state index contributed by atoms with van der Waals surface area (Å²) in [5.74, 6) is -5.44. The Hall–Kier alpha value is -4.50. The van der Waals surface area contributed by atoms with E-state index in [1.807, 2.05) is 0 Å². The van der Waals surface area contributed by atoms with Crippen molar-refractivity contribution in [3.8, 4) is 11.5 Å². The quantitative estimate of drug-likeness (QED) is 0.144. The van der Waals surface area contributed by atoms with Crippen LogP contribution in [0.5, 0.6) is 11.5 Å². The Balaban J connectivity index is 1.78. The van der Waals surface area contributed by atoms with Crippen molar-refractivity contribution in [2.24, 2.45) is 5.41 Å². The van der Waals surface area contributed by atoms with Gasteiger partial charge in [-0.3, -0.25) is 4.79 Å². The Morgan fingerprint density at radius 3 is 1.98 bits per heavy atom. The number of aryl methyl sites for hydroxylation is 1. The fraction of sp³-hybridized carbons (Fsp3) is 0.432. The molecule has 0 spiro atoms. The summed E-state index contributed by atoms with van der Waals surface area (Å²) in [4.78, 5) is 44.7. The van der Waals surface area contributed by atoms with E-state index in [-0.39, 0.29) is 50.1 Å². The average Bonchev–Trinajstić information content (AvgIpc) is 3.78. The highest BCUT2D eigenvalue weighted by Crippen LogP contribution is 2.72. The van der Waals surface area contributed by atoms with E-state index in [9.17, 15) is 9.59 Å². The van der Waals surface area contributed by atoms with E-state index in [1.54, 1.807) is 81.4 Å². The second-order valence-electron chi connectivity index (χ2n) is 12.2. The second-order valence-corrected chi connectivity index (χ2v) is 14.1. The molecular weight excluding hydrogens is 682 g/mol. The third kappa shape index (κ3) is 5.30. The van der Waals surface area contributed by atoms with Crippen molar-refractivity contribution in [2.75, 3.05) is 33.2 Å². The third-order valence-electron chi connectivity index (χ3n) is 9.50. The average molecular weight is 724 g/mol. The summed E-state index contributed by atoms with van der Waals surface area (Å²) in [6.45, 7) is 7.07. The minimum Gasteiger partial charge on any atom is -0.465 e. The van der Waals surface area contributed by atoms with Gasteiger partial charge < -0.3 is 33.2 Å². The van der Waals surface area contributed by atoms with Crippen LogP contribution in [0.15, 0.2) is 77.7 Å². The summed E-state index contributed by atoms with van der Waals surface area (Å²) in [5.41, 5.74) is -3.80. The highest BCUT2D eigenvalue weighted by molar-refractivity contribution is 7.89. The number of ether oxygens (including phenoxy) is 7. The molecule has 13 nitrogen and oxygen atoms in total. The van der Waals surface area contributed by atoms with Crippen LogP contribution in [0.25, 0.3) is 0 Å². The van der Waals surface area contributed by atoms with Crippen molar-refractivity contribution in [1.82, 2.24) is 4.31 Å². The van der Waals surface area contributed by atoms with Gasteiger partial charge in [-0.15, -0.1) is 0 Å². The number of carbonyl (C=O) groups excluding carboxylic acids is 3. The molecule has 0 N–H and O–H groups in total. The summed E-state index contributed by atoms with van der Waals surface area (Å²) >= 11 is 0. The zero-order valence-electron chi connectivity index (χ0n) is 29.1. The summed E-state index contributed by atoms with van der Waals surface area (Å²) in [7, 11) is -4.93. The molecule has 3 aromatic carbocycles. The lowest BCUT2D eigenvalue weighted by Crippen LogP contribution is -2.73. The number of carbonyl (C=O) groups is 3. The van der Waals surface area contributed by atoms with Gasteiger partial charge in [-0.05, 0) is 70.0 Å². The maximum absolute atomic E-state index is 15.4. The van der Waals surface area contributed by atoms with E-state index in [4.69, 9.17) is 33.2 Å². The predicted octanol–water partition coefficient (Wildman–Crippen LogP) is 4.78. The fourth-order valence-electron chi connectivity index (χ4n) is 7.57. The van der Waals surface area contributed by atoms with E-state index in [0.29, 0.717) is 17.1 Å². The molecule has 0 aromatic heterocycles. The highest BCUT2D eigenvalue weighted by Gasteiger charge is 2.92. The van der Waals surface area contributed by atoms with Gasteiger partial charge >= 0.3 is 17.9 Å². The number of hydrogen-bond donors (Lipinski definition) is 0. The van der Waals surface area contributed by atoms with Gasteiger partial charge in [0.05, 0.1) is 36.9 Å². The molecule has 2 saturated heterocycles. The molecule has 0 bridgehead atoms. The molecule has 14 heteroatoms. The smallest absolute Gasteiger partial charge is 0.345 e. The molecule has 0 amide bonds. The lowest BCUT2D eigenvalue weighted by molar-refractivity contribution is -0.290. The minimum absolute atomic E-state index is 0.00328. The SMILES string of the molecule is CCOC(=O)C1(C(=O)OCC)N(S(=O)(=O)c2ccc(C)cc2)[C@H](c2ccccc2)[C@]2(C(=O)OCC)C[C@H](c3ccc4c(c3)OCO4)O[C@]12OCC. The largest absolute Gasteiger partial charge is 0.465 e. The Bertz CT molecular complexity index is 1880. The molecule has 0 saturated carbocycles. The first-order valence-corrected chi connectivity index (χ1v) is 18.3. The van der Waals surface area contributed by atoms with Gasteiger partial charge in [-0.25, -0.2) is 18.0 Å². The first kappa shape index (κ1) is 36.3. The van der Waals surface area contributed by atoms with Gasteiger partial charge in [0.2, 0.25) is 22.6 Å². The molecule has 0 aliphatic carbocycles. The lowest BCUT2D eigenvalue weighted by Gasteiger charge is -2.44. The molecule has 272 valence electrons. The van der Waals surface area contributed by atoms with E-state index >= 15 is 13.2 Å². The number of hydrogen-bond acceptors (Lipinski definition) is 12. The van der Waals surface area contributed by atoms with Gasteiger partial charge in [0.25, 0.3) is 5.54 Å². The molecule has 0 radical (unpaired) electrons. The number of sulfonamides is 1. The summed E-state index contributed by atoms with van der Waals surface area (Å²) in [6.07, 6.45) is -1.37.